The monoisotopic (exact) mass is 391 g/mol. The molecule has 0 saturated carbocycles. The van der Waals surface area contributed by atoms with Crippen molar-refractivity contribution >= 4 is 11.6 Å². The summed E-state index contributed by atoms with van der Waals surface area (Å²) in [6, 6.07) is 9.13. The number of fused-ring (bicyclic) bond motifs is 1. The number of hydrogen-bond donors (Lipinski definition) is 1. The number of benzene rings is 1. The second-order valence-corrected chi connectivity index (χ2v) is 6.98. The van der Waals surface area contributed by atoms with E-state index in [2.05, 4.69) is 20.4 Å². The van der Waals surface area contributed by atoms with Crippen molar-refractivity contribution in [2.45, 2.75) is 32.0 Å². The largest absolute Gasteiger partial charge is 0.433 e. The summed E-state index contributed by atoms with van der Waals surface area (Å²) in [6.45, 7) is 3.15. The van der Waals surface area contributed by atoms with Crippen molar-refractivity contribution in [2.24, 2.45) is 5.92 Å². The van der Waals surface area contributed by atoms with Crippen molar-refractivity contribution in [3.8, 4) is 0 Å². The van der Waals surface area contributed by atoms with Gasteiger partial charge in [-0.2, -0.15) is 27.8 Å². The number of aromatic nitrogens is 4. The zero-order valence-electron chi connectivity index (χ0n) is 15.3. The molecule has 1 fully saturated rings. The molecule has 1 aromatic carbocycles. The Labute approximate surface area is 159 Å². The lowest BCUT2D eigenvalue weighted by atomic mass is 9.89. The minimum atomic E-state index is -4.55. The molecule has 0 aliphatic carbocycles. The van der Waals surface area contributed by atoms with Crippen LogP contribution in [0.2, 0.25) is 0 Å². The predicted octanol–water partition coefficient (Wildman–Crippen LogP) is 4.03. The van der Waals surface area contributed by atoms with Crippen LogP contribution in [-0.2, 0) is 10.9 Å². The van der Waals surface area contributed by atoms with Crippen LogP contribution in [0, 0.1) is 12.8 Å². The third kappa shape index (κ3) is 3.80. The van der Waals surface area contributed by atoms with E-state index in [1.807, 2.05) is 31.2 Å². The van der Waals surface area contributed by atoms with Gasteiger partial charge in [0.05, 0.1) is 6.10 Å². The van der Waals surface area contributed by atoms with Crippen LogP contribution in [0.15, 0.2) is 36.7 Å². The van der Waals surface area contributed by atoms with Gasteiger partial charge in [0.25, 0.3) is 5.78 Å². The van der Waals surface area contributed by atoms with Crippen molar-refractivity contribution in [1.82, 2.24) is 19.6 Å². The summed E-state index contributed by atoms with van der Waals surface area (Å²) in [6.07, 6.45) is -1.63. The van der Waals surface area contributed by atoms with E-state index in [9.17, 15) is 13.2 Å². The normalized spacial score (nSPS) is 20.4. The molecular formula is C19H20F3N5O. The minimum absolute atomic E-state index is 0.0905. The number of anilines is 1. The van der Waals surface area contributed by atoms with E-state index >= 15 is 0 Å². The number of hydrogen-bond acceptors (Lipinski definition) is 5. The maximum atomic E-state index is 13.1. The van der Waals surface area contributed by atoms with E-state index in [-0.39, 0.29) is 23.6 Å². The van der Waals surface area contributed by atoms with Crippen molar-refractivity contribution in [3.05, 3.63) is 53.5 Å². The number of ether oxygens (including phenoxy) is 1. The molecule has 0 bridgehead atoms. The average Bonchev–Trinajstić information content (AvgIpc) is 3.15. The Morgan fingerprint density at radius 2 is 2.04 bits per heavy atom. The molecule has 9 heteroatoms. The Bertz CT molecular complexity index is 954. The van der Waals surface area contributed by atoms with Crippen LogP contribution in [0.3, 0.4) is 0 Å². The molecule has 2 aromatic heterocycles. The van der Waals surface area contributed by atoms with Crippen molar-refractivity contribution in [1.29, 1.82) is 0 Å². The number of rotatable bonds is 4. The van der Waals surface area contributed by atoms with Crippen LogP contribution in [0.4, 0.5) is 19.0 Å². The first-order valence-corrected chi connectivity index (χ1v) is 9.12. The van der Waals surface area contributed by atoms with Gasteiger partial charge in [-0.3, -0.25) is 0 Å². The molecule has 1 aliphatic heterocycles. The van der Waals surface area contributed by atoms with Crippen LogP contribution < -0.4 is 5.32 Å². The fourth-order valence-electron chi connectivity index (χ4n) is 3.50. The highest BCUT2D eigenvalue weighted by Crippen LogP contribution is 2.34. The van der Waals surface area contributed by atoms with Crippen LogP contribution >= 0.6 is 0 Å². The number of halogens is 3. The topological polar surface area (TPSA) is 64.3 Å². The van der Waals surface area contributed by atoms with Gasteiger partial charge in [-0.1, -0.05) is 29.8 Å². The van der Waals surface area contributed by atoms with Crippen LogP contribution in [0.5, 0.6) is 0 Å². The number of alkyl halides is 3. The molecule has 2 atom stereocenters. The smallest absolute Gasteiger partial charge is 0.373 e. The van der Waals surface area contributed by atoms with Crippen molar-refractivity contribution < 1.29 is 17.9 Å². The molecule has 0 radical (unpaired) electrons. The lowest BCUT2D eigenvalue weighted by molar-refractivity contribution is -0.141. The van der Waals surface area contributed by atoms with Gasteiger partial charge in [0.15, 0.2) is 5.69 Å². The van der Waals surface area contributed by atoms with E-state index in [0.29, 0.717) is 13.2 Å². The number of nitrogens with one attached hydrogen (secondary N) is 1. The van der Waals surface area contributed by atoms with E-state index < -0.39 is 11.9 Å². The van der Waals surface area contributed by atoms with Crippen molar-refractivity contribution in [2.75, 3.05) is 18.5 Å². The second-order valence-electron chi connectivity index (χ2n) is 6.98. The van der Waals surface area contributed by atoms with Crippen LogP contribution in [0.25, 0.3) is 5.78 Å². The minimum Gasteiger partial charge on any atom is -0.373 e. The molecule has 6 nitrogen and oxygen atoms in total. The third-order valence-corrected chi connectivity index (χ3v) is 4.94. The summed E-state index contributed by atoms with van der Waals surface area (Å²) in [5, 5.41) is 7.08. The Balaban J connectivity index is 1.57. The molecular weight excluding hydrogens is 371 g/mol. The molecule has 1 saturated heterocycles. The molecule has 4 rings (SSSR count). The standard InChI is InChI=1S/C19H20F3N5O/c1-12-4-6-13(7-5-12)17-14(3-2-8-28-17)10-23-16-9-15(19(20,21)22)26-18-24-11-25-27(16)18/h4-7,9,11,14,17,23H,2-3,8,10H2,1H3. The summed E-state index contributed by atoms with van der Waals surface area (Å²) >= 11 is 0. The fourth-order valence-corrected chi connectivity index (χ4v) is 3.50. The highest BCUT2D eigenvalue weighted by molar-refractivity contribution is 5.45. The maximum absolute atomic E-state index is 13.1. The van der Waals surface area contributed by atoms with E-state index in [1.165, 1.54) is 16.4 Å². The molecule has 1 aliphatic rings. The van der Waals surface area contributed by atoms with Gasteiger partial charge >= 0.3 is 6.18 Å². The summed E-state index contributed by atoms with van der Waals surface area (Å²) < 4.78 is 46.7. The van der Waals surface area contributed by atoms with Crippen LogP contribution in [0.1, 0.15) is 35.8 Å². The highest BCUT2D eigenvalue weighted by atomic mass is 19.4. The third-order valence-electron chi connectivity index (χ3n) is 4.94. The summed E-state index contributed by atoms with van der Waals surface area (Å²) in [4.78, 5) is 7.33. The molecule has 3 aromatic rings. The summed E-state index contributed by atoms with van der Waals surface area (Å²) in [7, 11) is 0. The zero-order chi connectivity index (χ0) is 19.7. The Morgan fingerprint density at radius 1 is 1.25 bits per heavy atom. The first-order valence-electron chi connectivity index (χ1n) is 9.12. The maximum Gasteiger partial charge on any atom is 0.433 e. The van der Waals surface area contributed by atoms with Gasteiger partial charge in [0.2, 0.25) is 0 Å². The molecule has 1 N–H and O–H groups in total. The van der Waals surface area contributed by atoms with Gasteiger partial charge in [-0.25, -0.2) is 4.98 Å². The first kappa shape index (κ1) is 18.7. The Hall–Kier alpha value is -2.68. The molecule has 3 heterocycles. The predicted molar refractivity (Wildman–Crippen MR) is 96.9 cm³/mol. The SMILES string of the molecule is Cc1ccc(C2OCCCC2CNc2cc(C(F)(F)F)nc3ncnn23)cc1. The van der Waals surface area contributed by atoms with Gasteiger partial charge in [0, 0.05) is 25.1 Å². The zero-order valence-corrected chi connectivity index (χ0v) is 15.3. The fraction of sp³-hybridized carbons (Fsp3) is 0.421. The number of nitrogens with zero attached hydrogens (tertiary/aromatic N) is 4. The van der Waals surface area contributed by atoms with Gasteiger partial charge in [-0.15, -0.1) is 0 Å². The molecule has 0 spiro atoms. The van der Waals surface area contributed by atoms with Gasteiger partial charge in [0.1, 0.15) is 12.1 Å². The molecule has 28 heavy (non-hydrogen) atoms. The number of aryl methyl sites for hydroxylation is 1. The van der Waals surface area contributed by atoms with E-state index in [4.69, 9.17) is 4.74 Å². The van der Waals surface area contributed by atoms with Crippen LogP contribution in [-0.4, -0.2) is 32.7 Å². The molecule has 2 unspecified atom stereocenters. The van der Waals surface area contributed by atoms with E-state index in [0.717, 1.165) is 24.5 Å². The Kier molecular flexibility index (Phi) is 4.92. The molecule has 148 valence electrons. The second kappa shape index (κ2) is 7.38. The first-order chi connectivity index (χ1) is 13.4. The molecule has 0 amide bonds. The van der Waals surface area contributed by atoms with Gasteiger partial charge < -0.3 is 10.1 Å². The quantitative estimate of drug-likeness (QED) is 0.728. The lowest BCUT2D eigenvalue weighted by Crippen LogP contribution is -2.29. The summed E-state index contributed by atoms with van der Waals surface area (Å²) in [5.41, 5.74) is 1.25. The van der Waals surface area contributed by atoms with Crippen molar-refractivity contribution in [3.63, 3.8) is 0 Å². The highest BCUT2D eigenvalue weighted by Gasteiger charge is 2.34. The Morgan fingerprint density at radius 3 is 2.79 bits per heavy atom. The summed E-state index contributed by atoms with van der Waals surface area (Å²) in [5.74, 6) is 0.243. The lowest BCUT2D eigenvalue weighted by Gasteiger charge is -2.32. The van der Waals surface area contributed by atoms with Gasteiger partial charge in [-0.05, 0) is 25.3 Å². The average molecular weight is 391 g/mol. The van der Waals surface area contributed by atoms with E-state index in [1.54, 1.807) is 0 Å².